The third-order valence-corrected chi connectivity index (χ3v) is 5.87. The zero-order valence-corrected chi connectivity index (χ0v) is 16.2. The lowest BCUT2D eigenvalue weighted by atomic mass is 10.1. The Morgan fingerprint density at radius 3 is 2.48 bits per heavy atom. The first-order valence-corrected chi connectivity index (χ1v) is 10.1. The number of imide groups is 1. The Morgan fingerprint density at radius 2 is 1.78 bits per heavy atom. The molecule has 0 N–H and O–H groups in total. The predicted octanol–water partition coefficient (Wildman–Crippen LogP) is 4.83. The van der Waals surface area contributed by atoms with Gasteiger partial charge < -0.3 is 4.90 Å². The van der Waals surface area contributed by atoms with Crippen LogP contribution in [0.25, 0.3) is 6.08 Å². The minimum absolute atomic E-state index is 0.207. The largest absolute Gasteiger partial charge is 0.372 e. The number of nitrogens with zero attached hydrogens (tertiary/aromatic N) is 2. The fraction of sp³-hybridized carbons (Fsp3) is 0.273. The van der Waals surface area contributed by atoms with Gasteiger partial charge in [0.25, 0.3) is 11.1 Å². The Hall–Kier alpha value is -2.53. The maximum Gasteiger partial charge on any atom is 0.293 e. The van der Waals surface area contributed by atoms with Crippen LogP contribution in [0.4, 0.5) is 10.5 Å². The van der Waals surface area contributed by atoms with Crippen molar-refractivity contribution in [3.05, 3.63) is 70.1 Å². The van der Waals surface area contributed by atoms with E-state index in [0.29, 0.717) is 11.4 Å². The number of hydrogen-bond acceptors (Lipinski definition) is 4. The van der Waals surface area contributed by atoms with Crippen LogP contribution in [-0.4, -0.2) is 29.1 Å². The molecule has 2 aromatic carbocycles. The molecule has 0 unspecified atom stereocenters. The molecule has 4 rings (SSSR count). The summed E-state index contributed by atoms with van der Waals surface area (Å²) >= 11 is 1.02. The summed E-state index contributed by atoms with van der Waals surface area (Å²) < 4.78 is 0. The van der Waals surface area contributed by atoms with Gasteiger partial charge >= 0.3 is 0 Å². The van der Waals surface area contributed by atoms with Crippen LogP contribution in [0.1, 0.15) is 29.5 Å². The predicted molar refractivity (Wildman–Crippen MR) is 111 cm³/mol. The second kappa shape index (κ2) is 7.61. The Morgan fingerprint density at radius 1 is 1.04 bits per heavy atom. The minimum Gasteiger partial charge on any atom is -0.372 e. The average molecular weight is 378 g/mol. The van der Waals surface area contributed by atoms with Crippen molar-refractivity contribution in [1.29, 1.82) is 0 Å². The molecule has 2 amide bonds. The van der Waals surface area contributed by atoms with Crippen LogP contribution in [-0.2, 0) is 11.3 Å². The smallest absolute Gasteiger partial charge is 0.293 e. The van der Waals surface area contributed by atoms with Crippen molar-refractivity contribution in [1.82, 2.24) is 4.90 Å². The van der Waals surface area contributed by atoms with E-state index in [1.807, 2.05) is 49.4 Å². The van der Waals surface area contributed by atoms with Gasteiger partial charge in [-0.25, -0.2) is 0 Å². The van der Waals surface area contributed by atoms with Crippen molar-refractivity contribution >= 4 is 34.7 Å². The highest BCUT2D eigenvalue weighted by Gasteiger charge is 2.34. The molecule has 0 saturated carbocycles. The summed E-state index contributed by atoms with van der Waals surface area (Å²) in [5, 5.41) is -0.207. The first kappa shape index (κ1) is 17.9. The first-order valence-electron chi connectivity index (χ1n) is 9.26. The van der Waals surface area contributed by atoms with Gasteiger partial charge in [-0.15, -0.1) is 0 Å². The monoisotopic (exact) mass is 378 g/mol. The molecular weight excluding hydrogens is 356 g/mol. The quantitative estimate of drug-likeness (QED) is 0.715. The van der Waals surface area contributed by atoms with E-state index in [0.717, 1.165) is 41.5 Å². The van der Waals surface area contributed by atoms with Crippen LogP contribution in [0.5, 0.6) is 0 Å². The lowest BCUT2D eigenvalue weighted by molar-refractivity contribution is -0.123. The van der Waals surface area contributed by atoms with Crippen LogP contribution in [0.2, 0.25) is 0 Å². The van der Waals surface area contributed by atoms with Gasteiger partial charge in [0.15, 0.2) is 0 Å². The molecule has 0 aliphatic carbocycles. The Kier molecular flexibility index (Phi) is 5.03. The molecule has 2 saturated heterocycles. The number of carbonyl (C=O) groups excluding carboxylic acids is 2. The molecule has 0 spiro atoms. The number of aryl methyl sites for hydroxylation is 1. The summed E-state index contributed by atoms with van der Waals surface area (Å²) in [7, 11) is 0. The van der Waals surface area contributed by atoms with E-state index in [4.69, 9.17) is 0 Å². The van der Waals surface area contributed by atoms with Crippen LogP contribution in [0.3, 0.4) is 0 Å². The lowest BCUT2D eigenvalue weighted by Crippen LogP contribution is -2.27. The van der Waals surface area contributed by atoms with E-state index in [1.54, 1.807) is 0 Å². The molecule has 2 aliphatic rings. The normalized spacial score (nSPS) is 18.8. The van der Waals surface area contributed by atoms with Crippen molar-refractivity contribution in [2.75, 3.05) is 18.0 Å². The number of hydrogen-bond donors (Lipinski definition) is 0. The third kappa shape index (κ3) is 3.93. The molecule has 4 nitrogen and oxygen atoms in total. The molecule has 0 aromatic heterocycles. The van der Waals surface area contributed by atoms with Crippen molar-refractivity contribution < 1.29 is 9.59 Å². The fourth-order valence-electron chi connectivity index (χ4n) is 3.54. The van der Waals surface area contributed by atoms with Gasteiger partial charge in [-0.1, -0.05) is 42.0 Å². The van der Waals surface area contributed by atoms with Gasteiger partial charge in [-0.3, -0.25) is 14.5 Å². The van der Waals surface area contributed by atoms with Gasteiger partial charge in [0.1, 0.15) is 0 Å². The number of amides is 2. The van der Waals surface area contributed by atoms with Crippen LogP contribution in [0, 0.1) is 6.92 Å². The zero-order chi connectivity index (χ0) is 18.8. The maximum absolute atomic E-state index is 12.7. The highest BCUT2D eigenvalue weighted by molar-refractivity contribution is 8.18. The van der Waals surface area contributed by atoms with Gasteiger partial charge in [0.2, 0.25) is 0 Å². The zero-order valence-electron chi connectivity index (χ0n) is 15.4. The molecular formula is C22H22N2O2S. The molecule has 2 fully saturated rings. The molecule has 27 heavy (non-hydrogen) atoms. The summed E-state index contributed by atoms with van der Waals surface area (Å²) in [5.74, 6) is -0.213. The standard InChI is InChI=1S/C22H22N2O2S/c1-16-5-4-6-18(13-16)15-24-21(25)20(27-22(24)26)14-17-7-9-19(10-8-17)23-11-2-3-12-23/h4-10,13-14H,2-3,11-12,15H2,1H3/b20-14-. The molecule has 5 heteroatoms. The summed E-state index contributed by atoms with van der Waals surface area (Å²) in [6.07, 6.45) is 4.31. The number of carbonyl (C=O) groups is 2. The van der Waals surface area contributed by atoms with Crippen molar-refractivity contribution in [3.8, 4) is 0 Å². The summed E-state index contributed by atoms with van der Waals surface area (Å²) in [6, 6.07) is 16.1. The second-order valence-electron chi connectivity index (χ2n) is 7.04. The van der Waals surface area contributed by atoms with E-state index in [1.165, 1.54) is 23.4 Å². The number of rotatable bonds is 4. The molecule has 2 aromatic rings. The molecule has 0 atom stereocenters. The fourth-order valence-corrected chi connectivity index (χ4v) is 4.38. The van der Waals surface area contributed by atoms with E-state index >= 15 is 0 Å². The van der Waals surface area contributed by atoms with Crippen molar-refractivity contribution in [2.45, 2.75) is 26.3 Å². The molecule has 138 valence electrons. The van der Waals surface area contributed by atoms with Crippen molar-refractivity contribution in [2.24, 2.45) is 0 Å². The topological polar surface area (TPSA) is 40.6 Å². The van der Waals surface area contributed by atoms with E-state index in [-0.39, 0.29) is 11.1 Å². The highest BCUT2D eigenvalue weighted by atomic mass is 32.2. The second-order valence-corrected chi connectivity index (χ2v) is 8.04. The molecule has 2 aliphatic heterocycles. The number of thioether (sulfide) groups is 1. The van der Waals surface area contributed by atoms with Crippen LogP contribution >= 0.6 is 11.8 Å². The van der Waals surface area contributed by atoms with Gasteiger partial charge in [0, 0.05) is 18.8 Å². The van der Waals surface area contributed by atoms with Gasteiger partial charge in [0.05, 0.1) is 11.4 Å². The number of benzene rings is 2. The highest BCUT2D eigenvalue weighted by Crippen LogP contribution is 2.33. The van der Waals surface area contributed by atoms with E-state index in [2.05, 4.69) is 17.0 Å². The van der Waals surface area contributed by atoms with Crippen LogP contribution < -0.4 is 4.90 Å². The van der Waals surface area contributed by atoms with Crippen molar-refractivity contribution in [3.63, 3.8) is 0 Å². The van der Waals surface area contributed by atoms with Gasteiger partial charge in [-0.2, -0.15) is 0 Å². The molecule has 0 bridgehead atoms. The third-order valence-electron chi connectivity index (χ3n) is 4.96. The molecule has 2 heterocycles. The van der Waals surface area contributed by atoms with Crippen LogP contribution in [0.15, 0.2) is 53.4 Å². The number of anilines is 1. The summed E-state index contributed by atoms with van der Waals surface area (Å²) in [5.41, 5.74) is 4.25. The van der Waals surface area contributed by atoms with E-state index < -0.39 is 0 Å². The van der Waals surface area contributed by atoms with Gasteiger partial charge in [-0.05, 0) is 60.9 Å². The first-order chi connectivity index (χ1) is 13.1. The Bertz CT molecular complexity index is 899. The average Bonchev–Trinajstić information content (AvgIpc) is 3.28. The Labute approximate surface area is 163 Å². The summed E-state index contributed by atoms with van der Waals surface area (Å²) in [6.45, 7) is 4.54. The summed E-state index contributed by atoms with van der Waals surface area (Å²) in [4.78, 5) is 29.2. The van der Waals surface area contributed by atoms with E-state index in [9.17, 15) is 9.59 Å². The molecule has 0 radical (unpaired) electrons. The SMILES string of the molecule is Cc1cccc(CN2C(=O)S/C(=C\c3ccc(N4CCCC4)cc3)C2=O)c1. The Balaban J connectivity index is 1.49. The maximum atomic E-state index is 12.7. The lowest BCUT2D eigenvalue weighted by Gasteiger charge is -2.17. The minimum atomic E-state index is -0.213.